The van der Waals surface area contributed by atoms with E-state index in [1.54, 1.807) is 0 Å². The maximum absolute atomic E-state index is 12.0. The van der Waals surface area contributed by atoms with Gasteiger partial charge in [0.25, 0.3) is 5.56 Å². The van der Waals surface area contributed by atoms with Crippen LogP contribution in [0.5, 0.6) is 0 Å². The van der Waals surface area contributed by atoms with Gasteiger partial charge >= 0.3 is 0 Å². The first-order valence-electron chi connectivity index (χ1n) is 6.79. The Morgan fingerprint density at radius 3 is 2.83 bits per heavy atom. The summed E-state index contributed by atoms with van der Waals surface area (Å²) in [5.74, 6) is -0.505. The third kappa shape index (κ3) is 2.59. The largest absolute Gasteiger partial charge is 0.394 e. The molecule has 1 aliphatic heterocycles. The highest BCUT2D eigenvalue weighted by molar-refractivity contribution is 5.87. The lowest BCUT2D eigenvalue weighted by Gasteiger charge is -2.16. The molecule has 1 unspecified atom stereocenters. The van der Waals surface area contributed by atoms with Crippen LogP contribution in [-0.2, 0) is 9.53 Å². The molecule has 0 saturated carbocycles. The Hall–Kier alpha value is -2.34. The van der Waals surface area contributed by atoms with E-state index in [0.29, 0.717) is 0 Å². The maximum atomic E-state index is 12.0. The normalized spacial score (nSPS) is 27.5. The quantitative estimate of drug-likeness (QED) is 0.420. The van der Waals surface area contributed by atoms with Crippen LogP contribution in [0.25, 0.3) is 11.2 Å². The fourth-order valence-electron chi connectivity index (χ4n) is 2.45. The minimum absolute atomic E-state index is 0.0168. The van der Waals surface area contributed by atoms with Crippen molar-refractivity contribution in [2.45, 2.75) is 31.5 Å². The molecular formula is C12H15N5O6. The number of hydrogen-bond acceptors (Lipinski definition) is 8. The Morgan fingerprint density at radius 1 is 1.48 bits per heavy atom. The van der Waals surface area contributed by atoms with E-state index in [0.717, 1.165) is 0 Å². The summed E-state index contributed by atoms with van der Waals surface area (Å²) in [5, 5.41) is 31.3. The zero-order valence-corrected chi connectivity index (χ0v) is 12.0. The Bertz CT molecular complexity index is 801. The number of imidazole rings is 1. The number of ether oxygens (including phenoxy) is 1. The number of hydrogen-bond donors (Lipinski definition) is 5. The van der Waals surface area contributed by atoms with Crippen molar-refractivity contribution in [2.24, 2.45) is 0 Å². The first-order chi connectivity index (χ1) is 10.9. The summed E-state index contributed by atoms with van der Waals surface area (Å²) in [6.07, 6.45) is -3.45. The molecule has 0 aromatic carbocycles. The molecule has 0 radical (unpaired) electrons. The second-order valence-corrected chi connectivity index (χ2v) is 5.15. The van der Waals surface area contributed by atoms with E-state index in [9.17, 15) is 19.8 Å². The van der Waals surface area contributed by atoms with Crippen LogP contribution in [0.3, 0.4) is 0 Å². The minimum Gasteiger partial charge on any atom is -0.394 e. The van der Waals surface area contributed by atoms with Gasteiger partial charge < -0.3 is 20.1 Å². The first kappa shape index (κ1) is 15.6. The van der Waals surface area contributed by atoms with Crippen LogP contribution in [0.4, 0.5) is 5.95 Å². The average molecular weight is 325 g/mol. The molecule has 2 aromatic rings. The van der Waals surface area contributed by atoms with Gasteiger partial charge in [-0.2, -0.15) is 4.98 Å². The summed E-state index contributed by atoms with van der Waals surface area (Å²) in [5.41, 5.74) is -0.534. The van der Waals surface area contributed by atoms with Gasteiger partial charge in [0, 0.05) is 6.92 Å². The molecule has 0 bridgehead atoms. The van der Waals surface area contributed by atoms with Gasteiger partial charge in [-0.3, -0.25) is 24.5 Å². The highest BCUT2D eigenvalue weighted by Crippen LogP contribution is 2.30. The highest BCUT2D eigenvalue weighted by atomic mass is 16.6. The molecule has 0 spiro atoms. The van der Waals surface area contributed by atoms with Crippen LogP contribution in [0.2, 0.25) is 0 Å². The van der Waals surface area contributed by atoms with Crippen LogP contribution in [0.15, 0.2) is 11.1 Å². The number of carbonyl (C=O) groups excluding carboxylic acids is 1. The van der Waals surface area contributed by atoms with Crippen LogP contribution in [-0.4, -0.2) is 65.7 Å². The summed E-state index contributed by atoms with van der Waals surface area (Å²) < 4.78 is 6.65. The van der Waals surface area contributed by atoms with Crippen LogP contribution >= 0.6 is 0 Å². The molecule has 23 heavy (non-hydrogen) atoms. The van der Waals surface area contributed by atoms with Crippen LogP contribution in [0.1, 0.15) is 13.2 Å². The van der Waals surface area contributed by atoms with E-state index in [2.05, 4.69) is 20.3 Å². The Balaban J connectivity index is 2.06. The lowest BCUT2D eigenvalue weighted by atomic mass is 10.1. The minimum atomic E-state index is -1.34. The van der Waals surface area contributed by atoms with Crippen molar-refractivity contribution < 1.29 is 24.9 Å². The summed E-state index contributed by atoms with van der Waals surface area (Å²) in [4.78, 5) is 33.4. The molecule has 1 aliphatic rings. The number of nitrogens with one attached hydrogen (secondary N) is 2. The van der Waals surface area contributed by atoms with E-state index in [4.69, 9.17) is 9.84 Å². The molecule has 5 N–H and O–H groups in total. The maximum Gasteiger partial charge on any atom is 0.280 e. The third-order valence-electron chi connectivity index (χ3n) is 3.52. The molecule has 1 amide bonds. The van der Waals surface area contributed by atoms with Gasteiger partial charge in [-0.25, -0.2) is 4.98 Å². The average Bonchev–Trinajstić information content (AvgIpc) is 3.01. The third-order valence-corrected chi connectivity index (χ3v) is 3.52. The zero-order valence-electron chi connectivity index (χ0n) is 12.0. The highest BCUT2D eigenvalue weighted by Gasteiger charge is 2.44. The van der Waals surface area contributed by atoms with E-state index in [1.807, 2.05) is 0 Å². The smallest absolute Gasteiger partial charge is 0.280 e. The number of H-pyrrole nitrogens is 1. The van der Waals surface area contributed by atoms with E-state index >= 15 is 0 Å². The zero-order chi connectivity index (χ0) is 16.7. The monoisotopic (exact) mass is 325 g/mol. The molecule has 124 valence electrons. The molecule has 4 atom stereocenters. The predicted octanol–water partition coefficient (Wildman–Crippen LogP) is -2.31. The molecule has 1 fully saturated rings. The molecule has 0 aliphatic carbocycles. The lowest BCUT2D eigenvalue weighted by molar-refractivity contribution is -0.114. The van der Waals surface area contributed by atoms with Crippen molar-refractivity contribution in [3.05, 3.63) is 16.7 Å². The van der Waals surface area contributed by atoms with Gasteiger partial charge in [-0.15, -0.1) is 0 Å². The van der Waals surface area contributed by atoms with Crippen molar-refractivity contribution in [3.63, 3.8) is 0 Å². The van der Waals surface area contributed by atoms with E-state index in [1.165, 1.54) is 17.8 Å². The number of amides is 1. The van der Waals surface area contributed by atoms with Gasteiger partial charge in [0.05, 0.1) is 12.9 Å². The lowest BCUT2D eigenvalue weighted by Crippen LogP contribution is -2.33. The van der Waals surface area contributed by atoms with Crippen molar-refractivity contribution in [1.29, 1.82) is 0 Å². The van der Waals surface area contributed by atoms with Gasteiger partial charge in [0.2, 0.25) is 11.9 Å². The SMILES string of the molecule is CC(=O)Nc1nc2c(ncn2[C@@H]2O[C@H](CO)C(O)[C@@H]2O)c(=O)[nH]1. The molecule has 1 saturated heterocycles. The fourth-order valence-corrected chi connectivity index (χ4v) is 2.45. The van der Waals surface area contributed by atoms with Gasteiger partial charge in [-0.05, 0) is 0 Å². The number of anilines is 1. The van der Waals surface area contributed by atoms with Crippen molar-refractivity contribution in [1.82, 2.24) is 19.5 Å². The molecule has 11 nitrogen and oxygen atoms in total. The number of fused-ring (bicyclic) bond motifs is 1. The summed E-state index contributed by atoms with van der Waals surface area (Å²) in [6.45, 7) is 0.778. The van der Waals surface area contributed by atoms with Gasteiger partial charge in [0.15, 0.2) is 17.4 Å². The Morgan fingerprint density at radius 2 is 2.22 bits per heavy atom. The number of carbonyl (C=O) groups is 1. The number of aromatic nitrogens is 4. The van der Waals surface area contributed by atoms with Crippen molar-refractivity contribution >= 4 is 23.0 Å². The number of aliphatic hydroxyl groups is 3. The second kappa shape index (κ2) is 5.70. The summed E-state index contributed by atoms with van der Waals surface area (Å²) >= 11 is 0. The van der Waals surface area contributed by atoms with Crippen LogP contribution in [0, 0.1) is 0 Å². The molecular weight excluding hydrogens is 310 g/mol. The van der Waals surface area contributed by atoms with E-state index < -0.39 is 42.6 Å². The molecule has 3 heterocycles. The standard InChI is InChI=1S/C12H15N5O6/c1-4(19)14-12-15-9-6(10(22)16-12)13-3-17(9)11-8(21)7(20)5(2-18)23-11/h3,5,7-8,11,18,20-21H,2H2,1H3,(H2,14,15,16,19,22)/t5-,7?,8+,11-/m1/s1. The van der Waals surface area contributed by atoms with Crippen LogP contribution < -0.4 is 10.9 Å². The van der Waals surface area contributed by atoms with Gasteiger partial charge in [-0.1, -0.05) is 0 Å². The molecule has 11 heteroatoms. The number of aliphatic hydroxyl groups excluding tert-OH is 3. The Kier molecular flexibility index (Phi) is 3.85. The van der Waals surface area contributed by atoms with Crippen molar-refractivity contribution in [3.8, 4) is 0 Å². The topological polar surface area (TPSA) is 163 Å². The number of rotatable bonds is 3. The van der Waals surface area contributed by atoms with Crippen molar-refractivity contribution in [2.75, 3.05) is 11.9 Å². The Labute approximate surface area is 128 Å². The molecule has 2 aromatic heterocycles. The summed E-state index contributed by atoms with van der Waals surface area (Å²) in [6, 6.07) is 0. The van der Waals surface area contributed by atoms with Gasteiger partial charge in [0.1, 0.15) is 18.3 Å². The van der Waals surface area contributed by atoms with E-state index in [-0.39, 0.29) is 17.1 Å². The molecule has 3 rings (SSSR count). The summed E-state index contributed by atoms with van der Waals surface area (Å²) in [7, 11) is 0. The number of aromatic amines is 1. The number of nitrogens with zero attached hydrogens (tertiary/aromatic N) is 3. The first-order valence-corrected chi connectivity index (χ1v) is 6.79. The second-order valence-electron chi connectivity index (χ2n) is 5.15. The fraction of sp³-hybridized carbons (Fsp3) is 0.500. The predicted molar refractivity (Wildman–Crippen MR) is 75.5 cm³/mol.